The first-order valence-corrected chi connectivity index (χ1v) is 9.00. The molecule has 0 fully saturated rings. The first-order valence-electron chi connectivity index (χ1n) is 9.00. The van der Waals surface area contributed by atoms with Crippen molar-refractivity contribution in [2.45, 2.75) is 20.0 Å². The molecule has 1 heterocycles. The summed E-state index contributed by atoms with van der Waals surface area (Å²) < 4.78 is 16.0. The quantitative estimate of drug-likeness (QED) is 0.490. The molecule has 2 N–H and O–H groups in total. The molecule has 3 aromatic rings. The van der Waals surface area contributed by atoms with Gasteiger partial charge in [-0.3, -0.25) is 20.4 Å². The second-order valence-corrected chi connectivity index (χ2v) is 6.09. The van der Waals surface area contributed by atoms with Gasteiger partial charge in [-0.05, 0) is 50.2 Å². The minimum absolute atomic E-state index is 0.218. The molecule has 8 heteroatoms. The number of hydrogen-bond acceptors (Lipinski definition) is 6. The third kappa shape index (κ3) is 4.92. The zero-order valence-electron chi connectivity index (χ0n) is 15.9. The lowest BCUT2D eigenvalue weighted by Crippen LogP contribution is -2.48. The fourth-order valence-electron chi connectivity index (χ4n) is 2.55. The molecule has 0 saturated carbocycles. The summed E-state index contributed by atoms with van der Waals surface area (Å²) >= 11 is 0. The fraction of sp³-hybridized carbons (Fsp3) is 0.190. The Morgan fingerprint density at radius 2 is 1.72 bits per heavy atom. The summed E-state index contributed by atoms with van der Waals surface area (Å²) in [5.41, 5.74) is 3.79. The molecular formula is C21H20N2O6. The Bertz CT molecular complexity index is 1070. The summed E-state index contributed by atoms with van der Waals surface area (Å²) in [5, 5.41) is 0.593. The molecule has 0 spiro atoms. The van der Waals surface area contributed by atoms with E-state index in [0.717, 1.165) is 0 Å². The van der Waals surface area contributed by atoms with Gasteiger partial charge >= 0.3 is 5.63 Å². The second kappa shape index (κ2) is 8.92. The molecule has 150 valence electrons. The van der Waals surface area contributed by atoms with Gasteiger partial charge in [0.05, 0.1) is 6.61 Å². The molecule has 2 amide bonds. The van der Waals surface area contributed by atoms with E-state index in [2.05, 4.69) is 10.9 Å². The third-order valence-electron chi connectivity index (χ3n) is 4.00. The molecule has 0 radical (unpaired) electrons. The molecule has 1 atom stereocenters. The van der Waals surface area contributed by atoms with E-state index < -0.39 is 23.5 Å². The van der Waals surface area contributed by atoms with Crippen molar-refractivity contribution in [3.8, 4) is 11.5 Å². The van der Waals surface area contributed by atoms with Crippen LogP contribution in [-0.2, 0) is 4.79 Å². The molecule has 2 aromatic carbocycles. The van der Waals surface area contributed by atoms with Crippen LogP contribution in [0.5, 0.6) is 11.5 Å². The fourth-order valence-corrected chi connectivity index (χ4v) is 2.55. The highest BCUT2D eigenvalue weighted by Crippen LogP contribution is 2.18. The van der Waals surface area contributed by atoms with Gasteiger partial charge in [-0.1, -0.05) is 18.2 Å². The average molecular weight is 396 g/mol. The van der Waals surface area contributed by atoms with Crippen molar-refractivity contribution in [3.05, 3.63) is 70.6 Å². The van der Waals surface area contributed by atoms with Crippen molar-refractivity contribution in [3.63, 3.8) is 0 Å². The van der Waals surface area contributed by atoms with Crippen molar-refractivity contribution >= 4 is 22.8 Å². The van der Waals surface area contributed by atoms with Crippen molar-refractivity contribution in [2.24, 2.45) is 0 Å². The number of para-hydroxylation sites is 1. The van der Waals surface area contributed by atoms with Crippen LogP contribution in [0.4, 0.5) is 0 Å². The molecule has 0 aliphatic rings. The molecular weight excluding hydrogens is 376 g/mol. The van der Waals surface area contributed by atoms with Crippen molar-refractivity contribution in [1.29, 1.82) is 0 Å². The zero-order chi connectivity index (χ0) is 20.8. The Balaban J connectivity index is 1.58. The first-order chi connectivity index (χ1) is 14.0. The lowest BCUT2D eigenvalue weighted by molar-refractivity contribution is -0.128. The normalized spacial score (nSPS) is 11.5. The molecule has 0 saturated heterocycles. The number of fused-ring (bicyclic) bond motifs is 1. The van der Waals surface area contributed by atoms with Gasteiger partial charge in [-0.2, -0.15) is 0 Å². The van der Waals surface area contributed by atoms with E-state index in [4.69, 9.17) is 13.9 Å². The number of carbonyl (C=O) groups is 2. The predicted molar refractivity (Wildman–Crippen MR) is 106 cm³/mol. The standard InChI is InChI=1S/C21H20N2O6/c1-3-27-15-8-10-16(11-9-15)28-13(2)19(24)22-23-20(25)17-12-14-6-4-5-7-18(14)29-21(17)26/h4-13H,3H2,1-2H3,(H,22,24)(H,23,25)/t13-/m0/s1. The summed E-state index contributed by atoms with van der Waals surface area (Å²) in [5.74, 6) is -0.209. The van der Waals surface area contributed by atoms with Crippen molar-refractivity contribution in [1.82, 2.24) is 10.9 Å². The molecule has 3 rings (SSSR count). The number of ether oxygens (including phenoxy) is 2. The minimum Gasteiger partial charge on any atom is -0.494 e. The molecule has 1 aromatic heterocycles. The lowest BCUT2D eigenvalue weighted by Gasteiger charge is -2.15. The second-order valence-electron chi connectivity index (χ2n) is 6.09. The van der Waals surface area contributed by atoms with E-state index in [1.54, 1.807) is 48.5 Å². The van der Waals surface area contributed by atoms with Gasteiger partial charge in [0.1, 0.15) is 22.6 Å². The monoisotopic (exact) mass is 396 g/mol. The van der Waals surface area contributed by atoms with Crippen LogP contribution < -0.4 is 26.0 Å². The lowest BCUT2D eigenvalue weighted by atomic mass is 10.2. The van der Waals surface area contributed by atoms with Crippen LogP contribution in [0.15, 0.2) is 63.8 Å². The van der Waals surface area contributed by atoms with Crippen LogP contribution in [0.2, 0.25) is 0 Å². The number of amides is 2. The Morgan fingerprint density at radius 1 is 1.03 bits per heavy atom. The largest absolute Gasteiger partial charge is 0.494 e. The summed E-state index contributed by atoms with van der Waals surface area (Å²) in [6, 6.07) is 15.0. The Kier molecular flexibility index (Phi) is 6.13. The summed E-state index contributed by atoms with van der Waals surface area (Å²) in [6.07, 6.45) is -0.888. The summed E-state index contributed by atoms with van der Waals surface area (Å²) in [4.78, 5) is 36.4. The highest BCUT2D eigenvalue weighted by atomic mass is 16.5. The number of nitrogens with one attached hydrogen (secondary N) is 2. The average Bonchev–Trinajstić information content (AvgIpc) is 2.72. The minimum atomic E-state index is -0.888. The highest BCUT2D eigenvalue weighted by molar-refractivity contribution is 5.97. The highest BCUT2D eigenvalue weighted by Gasteiger charge is 2.18. The first kappa shape index (κ1) is 19.9. The van der Waals surface area contributed by atoms with Gasteiger partial charge in [-0.15, -0.1) is 0 Å². The Hall–Kier alpha value is -3.81. The molecule has 8 nitrogen and oxygen atoms in total. The maximum atomic E-state index is 12.3. The molecule has 0 aliphatic heterocycles. The van der Waals surface area contributed by atoms with Gasteiger partial charge in [-0.25, -0.2) is 4.79 Å². The van der Waals surface area contributed by atoms with Crippen LogP contribution in [0, 0.1) is 0 Å². The SMILES string of the molecule is CCOc1ccc(O[C@@H](C)C(=O)NNC(=O)c2cc3ccccc3oc2=O)cc1. The number of benzene rings is 2. The van der Waals surface area contributed by atoms with Crippen LogP contribution >= 0.6 is 0 Å². The predicted octanol–water partition coefficient (Wildman–Crippen LogP) is 2.42. The van der Waals surface area contributed by atoms with Crippen molar-refractivity contribution in [2.75, 3.05) is 6.61 Å². The Morgan fingerprint density at radius 3 is 2.45 bits per heavy atom. The number of hydrazine groups is 1. The van der Waals surface area contributed by atoms with Gasteiger partial charge in [0.15, 0.2) is 6.10 Å². The number of rotatable bonds is 6. The summed E-state index contributed by atoms with van der Waals surface area (Å²) in [6.45, 7) is 3.96. The van der Waals surface area contributed by atoms with E-state index in [1.165, 1.54) is 13.0 Å². The molecule has 0 unspecified atom stereocenters. The van der Waals surface area contributed by atoms with E-state index in [0.29, 0.717) is 29.1 Å². The van der Waals surface area contributed by atoms with Crippen molar-refractivity contribution < 1.29 is 23.5 Å². The smallest absolute Gasteiger partial charge is 0.349 e. The van der Waals surface area contributed by atoms with Gasteiger partial charge in [0.25, 0.3) is 11.8 Å². The van der Waals surface area contributed by atoms with Crippen LogP contribution in [0.1, 0.15) is 24.2 Å². The zero-order valence-corrected chi connectivity index (χ0v) is 15.9. The van der Waals surface area contributed by atoms with Crippen LogP contribution in [0.25, 0.3) is 11.0 Å². The number of carbonyl (C=O) groups excluding carboxylic acids is 2. The number of hydrogen-bond donors (Lipinski definition) is 2. The van der Waals surface area contributed by atoms with E-state index in [-0.39, 0.29) is 5.56 Å². The van der Waals surface area contributed by atoms with E-state index >= 15 is 0 Å². The van der Waals surface area contributed by atoms with Gasteiger partial charge in [0, 0.05) is 5.39 Å². The van der Waals surface area contributed by atoms with Crippen LogP contribution in [0.3, 0.4) is 0 Å². The maximum Gasteiger partial charge on any atom is 0.349 e. The topological polar surface area (TPSA) is 107 Å². The van der Waals surface area contributed by atoms with Gasteiger partial charge in [0.2, 0.25) is 0 Å². The Labute approximate surface area is 166 Å². The molecule has 0 aliphatic carbocycles. The van der Waals surface area contributed by atoms with Crippen LogP contribution in [-0.4, -0.2) is 24.5 Å². The maximum absolute atomic E-state index is 12.3. The van der Waals surface area contributed by atoms with E-state index in [1.807, 2.05) is 6.92 Å². The van der Waals surface area contributed by atoms with Gasteiger partial charge < -0.3 is 13.9 Å². The van der Waals surface area contributed by atoms with E-state index in [9.17, 15) is 14.4 Å². The molecule has 0 bridgehead atoms. The molecule has 29 heavy (non-hydrogen) atoms. The third-order valence-corrected chi connectivity index (χ3v) is 4.00. The summed E-state index contributed by atoms with van der Waals surface area (Å²) in [7, 11) is 0.